The minimum atomic E-state index is -4.71. The molecule has 1 N–H and O–H groups in total. The Kier molecular flexibility index (Phi) is 22.4. The first-order valence-electron chi connectivity index (χ1n) is 28.3. The highest BCUT2D eigenvalue weighted by molar-refractivity contribution is 7.95. The van der Waals surface area contributed by atoms with Crippen LogP contribution in [0.4, 0.5) is 45.2 Å². The van der Waals surface area contributed by atoms with Gasteiger partial charge >= 0.3 is 24.2 Å². The van der Waals surface area contributed by atoms with Crippen LogP contribution in [0.5, 0.6) is 5.75 Å². The number of carbonyl (C=O) groups is 3. The molecule has 446 valence electrons. The monoisotopic (exact) mass is 1200 g/mol. The Bertz CT molecular complexity index is 3040. The summed E-state index contributed by atoms with van der Waals surface area (Å²) in [5.41, 5.74) is -1.81. The Hall–Kier alpha value is -6.39. The van der Waals surface area contributed by atoms with Gasteiger partial charge in [0.25, 0.3) is 5.91 Å². The molecule has 7 rings (SSSR count). The number of anilines is 1. The zero-order chi connectivity index (χ0) is 60.0. The highest BCUT2D eigenvalue weighted by Crippen LogP contribution is 2.57. The number of fused-ring (bicyclic) bond motifs is 1. The van der Waals surface area contributed by atoms with E-state index in [1.165, 1.54) is 99.9 Å². The lowest BCUT2D eigenvalue weighted by Gasteiger charge is -2.36. The van der Waals surface area contributed by atoms with Crippen molar-refractivity contribution in [3.63, 3.8) is 0 Å². The van der Waals surface area contributed by atoms with Crippen LogP contribution in [0, 0.1) is 0 Å². The van der Waals surface area contributed by atoms with Crippen LogP contribution in [0.1, 0.15) is 133 Å². The number of nitrogens with one attached hydrogen (secondary N) is 1. The number of piperazine rings is 1. The van der Waals surface area contributed by atoms with Crippen LogP contribution in [0.25, 0.3) is 22.1 Å². The molecule has 2 heterocycles. The molecule has 1 fully saturated rings. The van der Waals surface area contributed by atoms with E-state index < -0.39 is 54.2 Å². The third kappa shape index (κ3) is 17.4. The van der Waals surface area contributed by atoms with Gasteiger partial charge in [-0.15, -0.1) is 0 Å². The maximum atomic E-state index is 13.7. The molecule has 9 nitrogen and oxygen atoms in total. The summed E-state index contributed by atoms with van der Waals surface area (Å²) in [4.78, 5) is 56.0. The van der Waals surface area contributed by atoms with Gasteiger partial charge in [0, 0.05) is 73.4 Å². The van der Waals surface area contributed by atoms with E-state index in [1.807, 2.05) is 0 Å². The van der Waals surface area contributed by atoms with Crippen LogP contribution in [-0.2, 0) is 32.9 Å². The fourth-order valence-electron chi connectivity index (χ4n) is 10.6. The predicted molar refractivity (Wildman–Crippen MR) is 309 cm³/mol. The SMILES string of the molecule is CCCCCCCCCCCCCC(=O)Nc1ccc(-c2cc(=O)oc3cc(O[C@H](C)C(=O)N4CCN(C(=O)CCCCC[P+](c5ccc(C(F)(F)F)cc5)(c5ccc(C(F)(F)F)cc5)c5ccc(C(F)(F)F)cc5)CC4)ccc23)c(Cl)c1. The molecule has 1 saturated heterocycles. The van der Waals surface area contributed by atoms with E-state index in [2.05, 4.69) is 12.2 Å². The minimum absolute atomic E-state index is 0.0921. The second kappa shape index (κ2) is 28.9. The van der Waals surface area contributed by atoms with Crippen LogP contribution < -0.4 is 31.6 Å². The Morgan fingerprint density at radius 3 is 1.54 bits per heavy atom. The summed E-state index contributed by atoms with van der Waals surface area (Å²) in [7, 11) is -3.22. The molecule has 0 saturated carbocycles. The molecule has 0 bridgehead atoms. The molecule has 83 heavy (non-hydrogen) atoms. The van der Waals surface area contributed by atoms with Crippen LogP contribution in [0.3, 0.4) is 0 Å². The van der Waals surface area contributed by atoms with Crippen molar-refractivity contribution in [2.24, 2.45) is 0 Å². The van der Waals surface area contributed by atoms with Crippen molar-refractivity contribution in [1.29, 1.82) is 0 Å². The molecule has 1 aliphatic heterocycles. The fraction of sp³-hybridized carbons (Fsp3) is 0.429. The highest BCUT2D eigenvalue weighted by Gasteiger charge is 2.47. The first-order valence-corrected chi connectivity index (χ1v) is 30.7. The van der Waals surface area contributed by atoms with Gasteiger partial charge in [0.1, 0.15) is 34.5 Å². The molecule has 1 aromatic heterocycles. The van der Waals surface area contributed by atoms with Gasteiger partial charge in [-0.05, 0) is 130 Å². The molecule has 3 amide bonds. The normalized spacial score (nSPS) is 13.8. The summed E-state index contributed by atoms with van der Waals surface area (Å²) in [5, 5.41) is 4.76. The number of hydrogen-bond acceptors (Lipinski definition) is 6. The second-order valence-corrected chi connectivity index (χ2v) is 25.1. The molecule has 6 aromatic rings. The van der Waals surface area contributed by atoms with Crippen LogP contribution in [0.15, 0.2) is 124 Å². The Morgan fingerprint density at radius 2 is 1.05 bits per heavy atom. The average molecular weight is 1200 g/mol. The van der Waals surface area contributed by atoms with E-state index in [9.17, 15) is 58.7 Å². The molecule has 0 unspecified atom stereocenters. The van der Waals surface area contributed by atoms with Gasteiger partial charge in [-0.1, -0.05) is 88.8 Å². The smallest absolute Gasteiger partial charge is 0.416 e. The number of benzene rings is 5. The number of nitrogens with zero attached hydrogens (tertiary/aromatic N) is 2. The van der Waals surface area contributed by atoms with Gasteiger partial charge in [0.05, 0.1) is 27.9 Å². The van der Waals surface area contributed by atoms with Gasteiger partial charge in [0.15, 0.2) is 6.10 Å². The van der Waals surface area contributed by atoms with E-state index in [0.29, 0.717) is 68.8 Å². The number of halogens is 10. The predicted octanol–water partition coefficient (Wildman–Crippen LogP) is 15.8. The number of ether oxygens (including phenoxy) is 1. The zero-order valence-corrected chi connectivity index (χ0v) is 48.1. The van der Waals surface area contributed by atoms with Crippen LogP contribution in [0.2, 0.25) is 5.02 Å². The number of rotatable bonds is 26. The van der Waals surface area contributed by atoms with Crippen molar-refractivity contribution >= 4 is 69.2 Å². The first-order chi connectivity index (χ1) is 39.5. The van der Waals surface area contributed by atoms with E-state index in [1.54, 1.807) is 47.1 Å². The van der Waals surface area contributed by atoms with Crippen molar-refractivity contribution < 1.29 is 63.1 Å². The topological polar surface area (TPSA) is 109 Å². The van der Waals surface area contributed by atoms with Gasteiger partial charge in [-0.3, -0.25) is 14.4 Å². The molecule has 0 aliphatic carbocycles. The summed E-state index contributed by atoms with van der Waals surface area (Å²) >= 11 is 6.76. The number of hydrogen-bond donors (Lipinski definition) is 1. The maximum Gasteiger partial charge on any atom is 0.416 e. The minimum Gasteiger partial charge on any atom is -0.481 e. The molecule has 20 heteroatoms. The lowest BCUT2D eigenvalue weighted by atomic mass is 10.0. The number of amides is 3. The highest BCUT2D eigenvalue weighted by atomic mass is 35.5. The van der Waals surface area contributed by atoms with E-state index in [-0.39, 0.29) is 67.8 Å². The lowest BCUT2D eigenvalue weighted by Crippen LogP contribution is -2.53. The second-order valence-electron chi connectivity index (χ2n) is 21.1. The van der Waals surface area contributed by atoms with Gasteiger partial charge in [-0.2, -0.15) is 39.5 Å². The first kappa shape index (κ1) is 64.2. The van der Waals surface area contributed by atoms with Gasteiger partial charge in [0.2, 0.25) is 11.8 Å². The summed E-state index contributed by atoms with van der Waals surface area (Å²) in [6, 6.07) is 23.8. The molecule has 1 aliphatic rings. The van der Waals surface area contributed by atoms with Crippen molar-refractivity contribution in [2.75, 3.05) is 37.7 Å². The molecular weight excluding hydrogens is 1130 g/mol. The third-order valence-electron chi connectivity index (χ3n) is 15.2. The van der Waals surface area contributed by atoms with Gasteiger partial charge in [-0.25, -0.2) is 4.79 Å². The fourth-order valence-corrected chi connectivity index (χ4v) is 15.2. The van der Waals surface area contributed by atoms with E-state index >= 15 is 0 Å². The molecular formula is C63H69ClF9N3O6P+. The van der Waals surface area contributed by atoms with Crippen LogP contribution >= 0.6 is 18.9 Å². The molecule has 0 spiro atoms. The van der Waals surface area contributed by atoms with Gasteiger partial charge < -0.3 is 24.3 Å². The van der Waals surface area contributed by atoms with E-state index in [0.717, 1.165) is 55.7 Å². The molecule has 1 atom stereocenters. The average Bonchev–Trinajstić information content (AvgIpc) is 3.64. The van der Waals surface area contributed by atoms with Crippen LogP contribution in [-0.4, -0.2) is 66.0 Å². The third-order valence-corrected chi connectivity index (χ3v) is 20.0. The number of carbonyl (C=O) groups excluding carboxylic acids is 3. The zero-order valence-electron chi connectivity index (χ0n) is 46.5. The molecule has 0 radical (unpaired) electrons. The standard InChI is InChI=1S/C63H68ClF9N3O6P/c1-3-4-5-6-7-8-9-10-11-12-14-17-57(77)74-47-25-33-52(55(64)40-47)54-42-59(79)82-56-41-48(26-34-53(54)56)81-43(2)60(80)76-37-35-75(36-38-76)58(78)18-15-13-16-39-83(49-27-19-44(20-28-49)61(65,66)67,50-29-21-45(22-30-50)62(68,69)70)51-31-23-46(24-32-51)63(71,72)73/h19-34,40-43H,3-18,35-39H2,1-2H3/p+1/t43-/m1/s1. The maximum absolute atomic E-state index is 13.7. The van der Waals surface area contributed by atoms with Crippen molar-refractivity contribution in [2.45, 2.75) is 141 Å². The Labute approximate surface area is 483 Å². The molecule has 5 aromatic carbocycles. The quantitative estimate of drug-likeness (QED) is 0.0251. The summed E-state index contributed by atoms with van der Waals surface area (Å²) < 4.78 is 135. The number of alkyl halides is 9. The summed E-state index contributed by atoms with van der Waals surface area (Å²) in [5.74, 6) is -0.380. The lowest BCUT2D eigenvalue weighted by molar-refractivity contribution is -0.143. The van der Waals surface area contributed by atoms with Crippen molar-refractivity contribution in [3.8, 4) is 16.9 Å². The Balaban J connectivity index is 0.912. The van der Waals surface area contributed by atoms with Crippen molar-refractivity contribution in [1.82, 2.24) is 9.80 Å². The van der Waals surface area contributed by atoms with Crippen molar-refractivity contribution in [3.05, 3.63) is 147 Å². The summed E-state index contributed by atoms with van der Waals surface area (Å²) in [6.07, 6.45) is -0.339. The largest absolute Gasteiger partial charge is 0.481 e. The van der Waals surface area contributed by atoms with E-state index in [4.69, 9.17) is 20.8 Å². The summed E-state index contributed by atoms with van der Waals surface area (Å²) in [6.45, 7) is 4.66. The number of unbranched alkanes of at least 4 members (excludes halogenated alkanes) is 12. The Morgan fingerprint density at radius 1 is 0.578 bits per heavy atom.